The number of carbonyl (C=O) groups is 3. The standard InChI is InChI=1S/C20H28ClNO6/c1-15(2)18(22-20(25)27-13-16-9-5-3-6-10-16)19(24)26-12-8-4-7-11-17(23)28-14-21/h3,5-6,9-10,15,18H,4,7-8,11-14H2,1-2H3,(H,22,25). The fourth-order valence-electron chi connectivity index (χ4n) is 2.33. The minimum absolute atomic E-state index is 0.124. The van der Waals surface area contributed by atoms with Crippen molar-refractivity contribution < 1.29 is 28.6 Å². The highest BCUT2D eigenvalue weighted by atomic mass is 35.5. The van der Waals surface area contributed by atoms with Crippen molar-refractivity contribution in [2.45, 2.75) is 52.2 Å². The van der Waals surface area contributed by atoms with Gasteiger partial charge in [0.15, 0.2) is 6.07 Å². The molecule has 0 aromatic heterocycles. The molecule has 1 aromatic rings. The molecule has 0 bridgehead atoms. The molecule has 0 aliphatic carbocycles. The van der Waals surface area contributed by atoms with E-state index in [4.69, 9.17) is 21.1 Å². The van der Waals surface area contributed by atoms with E-state index in [1.54, 1.807) is 0 Å². The maximum absolute atomic E-state index is 12.2. The SMILES string of the molecule is CC(C)C(NC(=O)OCc1ccccc1)C(=O)OCCCCCC(=O)OCCl. The number of rotatable bonds is 12. The monoisotopic (exact) mass is 413 g/mol. The van der Waals surface area contributed by atoms with E-state index in [0.29, 0.717) is 19.3 Å². The lowest BCUT2D eigenvalue weighted by Crippen LogP contribution is -2.45. The lowest BCUT2D eigenvalue weighted by atomic mass is 10.1. The molecule has 8 heteroatoms. The Labute approximate surface area is 170 Å². The van der Waals surface area contributed by atoms with Crippen molar-refractivity contribution in [1.29, 1.82) is 0 Å². The molecule has 1 rings (SSSR count). The van der Waals surface area contributed by atoms with Crippen LogP contribution in [0.4, 0.5) is 4.79 Å². The molecule has 1 amide bonds. The fourth-order valence-corrected chi connectivity index (χ4v) is 2.45. The molecule has 1 unspecified atom stereocenters. The highest BCUT2D eigenvalue weighted by Crippen LogP contribution is 2.08. The van der Waals surface area contributed by atoms with Gasteiger partial charge in [-0.2, -0.15) is 0 Å². The predicted molar refractivity (Wildman–Crippen MR) is 105 cm³/mol. The Morgan fingerprint density at radius 3 is 2.36 bits per heavy atom. The summed E-state index contributed by atoms with van der Waals surface area (Å²) in [5.41, 5.74) is 0.858. The maximum Gasteiger partial charge on any atom is 0.408 e. The van der Waals surface area contributed by atoms with Gasteiger partial charge in [-0.25, -0.2) is 9.59 Å². The number of carbonyl (C=O) groups excluding carboxylic acids is 3. The molecular formula is C20H28ClNO6. The Morgan fingerprint density at radius 2 is 1.71 bits per heavy atom. The van der Waals surface area contributed by atoms with Crippen molar-refractivity contribution in [2.24, 2.45) is 5.92 Å². The second kappa shape index (κ2) is 13.8. The number of nitrogens with one attached hydrogen (secondary N) is 1. The lowest BCUT2D eigenvalue weighted by Gasteiger charge is -2.20. The summed E-state index contributed by atoms with van der Waals surface area (Å²) in [5, 5.41) is 2.56. The van der Waals surface area contributed by atoms with E-state index in [1.807, 2.05) is 44.2 Å². The van der Waals surface area contributed by atoms with Gasteiger partial charge >= 0.3 is 18.0 Å². The highest BCUT2D eigenvalue weighted by molar-refractivity contribution is 6.17. The normalized spacial score (nSPS) is 11.6. The summed E-state index contributed by atoms with van der Waals surface area (Å²) in [6.07, 6.45) is 1.57. The topological polar surface area (TPSA) is 90.9 Å². The first-order valence-electron chi connectivity index (χ1n) is 9.29. The van der Waals surface area contributed by atoms with Gasteiger partial charge in [0.1, 0.15) is 12.6 Å². The van der Waals surface area contributed by atoms with Crippen LogP contribution in [-0.2, 0) is 30.4 Å². The summed E-state index contributed by atoms with van der Waals surface area (Å²) in [5.74, 6) is -1.000. The molecule has 7 nitrogen and oxygen atoms in total. The summed E-state index contributed by atoms with van der Waals surface area (Å²) in [4.78, 5) is 35.4. The van der Waals surface area contributed by atoms with E-state index >= 15 is 0 Å². The van der Waals surface area contributed by atoms with Crippen LogP contribution in [0.15, 0.2) is 30.3 Å². The number of amides is 1. The summed E-state index contributed by atoms with van der Waals surface area (Å²) in [7, 11) is 0. The van der Waals surface area contributed by atoms with Crippen LogP contribution in [-0.4, -0.2) is 36.7 Å². The van der Waals surface area contributed by atoms with Gasteiger partial charge in [-0.1, -0.05) is 55.8 Å². The van der Waals surface area contributed by atoms with Crippen molar-refractivity contribution in [2.75, 3.05) is 12.7 Å². The minimum Gasteiger partial charge on any atom is -0.464 e. The largest absolute Gasteiger partial charge is 0.464 e. The number of alkyl halides is 1. The number of benzene rings is 1. The van der Waals surface area contributed by atoms with Crippen molar-refractivity contribution >= 4 is 29.6 Å². The third-order valence-electron chi connectivity index (χ3n) is 3.89. The molecule has 0 saturated heterocycles. The smallest absolute Gasteiger partial charge is 0.408 e. The van der Waals surface area contributed by atoms with Crippen molar-refractivity contribution in [3.63, 3.8) is 0 Å². The van der Waals surface area contributed by atoms with Crippen molar-refractivity contribution in [1.82, 2.24) is 5.32 Å². The van der Waals surface area contributed by atoms with Crippen LogP contribution in [0.5, 0.6) is 0 Å². The number of esters is 2. The van der Waals surface area contributed by atoms with Crippen molar-refractivity contribution in [3.8, 4) is 0 Å². The number of unbranched alkanes of at least 4 members (excludes halogenated alkanes) is 2. The molecule has 0 heterocycles. The van der Waals surface area contributed by atoms with Crippen LogP contribution >= 0.6 is 11.6 Å². The number of alkyl carbamates (subject to hydrolysis) is 1. The van der Waals surface area contributed by atoms with E-state index in [9.17, 15) is 14.4 Å². The van der Waals surface area contributed by atoms with Gasteiger partial charge in [-0.05, 0) is 30.7 Å². The molecule has 1 aromatic carbocycles. The summed E-state index contributed by atoms with van der Waals surface area (Å²) >= 11 is 5.30. The van der Waals surface area contributed by atoms with Gasteiger partial charge in [-0.3, -0.25) is 4.79 Å². The Kier molecular flexibility index (Phi) is 11.7. The number of ether oxygens (including phenoxy) is 3. The molecule has 1 N–H and O–H groups in total. The second-order valence-electron chi connectivity index (χ2n) is 6.53. The molecular weight excluding hydrogens is 386 g/mol. The third kappa shape index (κ3) is 10.2. The van der Waals surface area contributed by atoms with E-state index in [-0.39, 0.29) is 37.6 Å². The Morgan fingerprint density at radius 1 is 1.00 bits per heavy atom. The average Bonchev–Trinajstić information content (AvgIpc) is 2.67. The van der Waals surface area contributed by atoms with Gasteiger partial charge in [0.05, 0.1) is 6.61 Å². The molecule has 0 fully saturated rings. The number of hydrogen-bond acceptors (Lipinski definition) is 6. The number of halogens is 1. The first-order valence-corrected chi connectivity index (χ1v) is 9.83. The Hall–Kier alpha value is -2.28. The van der Waals surface area contributed by atoms with Crippen LogP contribution in [0.3, 0.4) is 0 Å². The van der Waals surface area contributed by atoms with Crippen molar-refractivity contribution in [3.05, 3.63) is 35.9 Å². The van der Waals surface area contributed by atoms with E-state index in [2.05, 4.69) is 10.1 Å². The first kappa shape index (κ1) is 23.8. The molecule has 1 atom stereocenters. The van der Waals surface area contributed by atoms with Crippen LogP contribution in [0.2, 0.25) is 0 Å². The highest BCUT2D eigenvalue weighted by Gasteiger charge is 2.26. The minimum atomic E-state index is -0.790. The average molecular weight is 414 g/mol. The third-order valence-corrected chi connectivity index (χ3v) is 4.00. The van der Waals surface area contributed by atoms with Gasteiger partial charge in [0.2, 0.25) is 0 Å². The molecule has 156 valence electrons. The fraction of sp³-hybridized carbons (Fsp3) is 0.550. The van der Waals surface area contributed by atoms with E-state index in [0.717, 1.165) is 5.56 Å². The van der Waals surface area contributed by atoms with Gasteiger partial charge in [0.25, 0.3) is 0 Å². The molecule has 0 radical (unpaired) electrons. The second-order valence-corrected chi connectivity index (χ2v) is 6.75. The van der Waals surface area contributed by atoms with E-state index in [1.165, 1.54) is 0 Å². The van der Waals surface area contributed by atoms with Gasteiger partial charge in [-0.15, -0.1) is 0 Å². The van der Waals surface area contributed by atoms with E-state index < -0.39 is 18.1 Å². The van der Waals surface area contributed by atoms with Gasteiger partial charge in [0, 0.05) is 6.42 Å². The Balaban J connectivity index is 2.28. The zero-order valence-electron chi connectivity index (χ0n) is 16.3. The molecule has 0 aliphatic heterocycles. The quantitative estimate of drug-likeness (QED) is 0.243. The maximum atomic E-state index is 12.2. The predicted octanol–water partition coefficient (Wildman–Crippen LogP) is 3.78. The van der Waals surface area contributed by atoms with Crippen LogP contribution in [0.25, 0.3) is 0 Å². The molecule has 28 heavy (non-hydrogen) atoms. The summed E-state index contributed by atoms with van der Waals surface area (Å²) < 4.78 is 15.0. The Bertz CT molecular complexity index is 608. The van der Waals surface area contributed by atoms with Gasteiger partial charge < -0.3 is 19.5 Å². The zero-order chi connectivity index (χ0) is 20.8. The van der Waals surface area contributed by atoms with Crippen LogP contribution < -0.4 is 5.32 Å². The van der Waals surface area contributed by atoms with Crippen LogP contribution in [0, 0.1) is 5.92 Å². The summed E-state index contributed by atoms with van der Waals surface area (Å²) in [6.45, 7) is 3.96. The molecule has 0 saturated carbocycles. The summed E-state index contributed by atoms with van der Waals surface area (Å²) in [6, 6.07) is 8.33. The zero-order valence-corrected chi connectivity index (χ0v) is 17.1. The van der Waals surface area contributed by atoms with Crippen LogP contribution in [0.1, 0.15) is 45.1 Å². The lowest BCUT2D eigenvalue weighted by molar-refractivity contribution is -0.147. The molecule has 0 spiro atoms. The first-order chi connectivity index (χ1) is 13.4. The number of hydrogen-bond donors (Lipinski definition) is 1. The molecule has 0 aliphatic rings.